The number of benzene rings is 1. The minimum Gasteiger partial charge on any atom is -0.493 e. The smallest absolute Gasteiger partial charge is 0.323 e. The number of hydrogen-bond donors (Lipinski definition) is 2. The molecule has 0 fully saturated rings. The molecule has 0 aliphatic carbocycles. The number of carboxylic acid groups (broad SMARTS) is 1. The summed E-state index contributed by atoms with van der Waals surface area (Å²) < 4.78 is 31.1. The number of carboxylic acids is 1. The summed E-state index contributed by atoms with van der Waals surface area (Å²) in [7, 11) is 1.60. The van der Waals surface area contributed by atoms with Crippen molar-refractivity contribution in [1.82, 2.24) is 5.32 Å². The molecular weight excluding hydrogens is 268 g/mol. The third kappa shape index (κ3) is 4.16. The largest absolute Gasteiger partial charge is 0.493 e. The van der Waals surface area contributed by atoms with Crippen molar-refractivity contribution in [1.29, 1.82) is 0 Å². The Hall–Kier alpha value is -1.69. The van der Waals surface area contributed by atoms with Gasteiger partial charge < -0.3 is 15.2 Å². The van der Waals surface area contributed by atoms with Crippen LogP contribution >= 0.6 is 0 Å². The van der Waals surface area contributed by atoms with Gasteiger partial charge in [-0.3, -0.25) is 4.79 Å². The Morgan fingerprint density at radius 1 is 1.35 bits per heavy atom. The van der Waals surface area contributed by atoms with Gasteiger partial charge in [0.1, 0.15) is 22.9 Å². The highest BCUT2D eigenvalue weighted by molar-refractivity contribution is 5.78. The maximum atomic E-state index is 12.9. The molecule has 1 aromatic rings. The fraction of sp³-hybridized carbons (Fsp3) is 0.500. The summed E-state index contributed by atoms with van der Waals surface area (Å²) in [4.78, 5) is 11.2. The number of aliphatic carboxylic acids is 1. The van der Waals surface area contributed by atoms with Crippen LogP contribution in [-0.4, -0.2) is 30.3 Å². The van der Waals surface area contributed by atoms with Gasteiger partial charge in [-0.1, -0.05) is 6.92 Å². The summed E-state index contributed by atoms with van der Waals surface area (Å²) in [6.07, 6.45) is 1.26. The second-order valence-corrected chi connectivity index (χ2v) is 4.55. The summed E-state index contributed by atoms with van der Waals surface area (Å²) in [5, 5.41) is 12.0. The Kier molecular flexibility index (Phi) is 5.88. The van der Waals surface area contributed by atoms with Crippen molar-refractivity contribution in [3.8, 4) is 5.75 Å². The zero-order valence-electron chi connectivity index (χ0n) is 11.6. The Bertz CT molecular complexity index is 441. The molecule has 4 nitrogen and oxygen atoms in total. The summed E-state index contributed by atoms with van der Waals surface area (Å²) in [5.74, 6) is -2.23. The normalized spacial score (nSPS) is 13.8. The van der Waals surface area contributed by atoms with Crippen LogP contribution in [0.1, 0.15) is 26.2 Å². The molecule has 0 saturated carbocycles. The number of likely N-dealkylation sites (N-methyl/N-ethyl adjacent to an activating group) is 1. The quantitative estimate of drug-likeness (QED) is 0.722. The van der Waals surface area contributed by atoms with Gasteiger partial charge in [0.15, 0.2) is 0 Å². The maximum Gasteiger partial charge on any atom is 0.323 e. The first-order valence-electron chi connectivity index (χ1n) is 6.44. The highest BCUT2D eigenvalue weighted by Crippen LogP contribution is 2.19. The molecular formula is C14H19F2NO3. The van der Waals surface area contributed by atoms with E-state index in [4.69, 9.17) is 4.74 Å². The van der Waals surface area contributed by atoms with E-state index in [2.05, 4.69) is 5.32 Å². The Balaban J connectivity index is 2.50. The van der Waals surface area contributed by atoms with E-state index >= 15 is 0 Å². The van der Waals surface area contributed by atoms with Crippen LogP contribution in [0, 0.1) is 11.6 Å². The molecule has 0 bridgehead atoms. The first kappa shape index (κ1) is 16.4. The van der Waals surface area contributed by atoms with Crippen LogP contribution in [0.15, 0.2) is 18.2 Å². The number of carbonyl (C=O) groups is 1. The van der Waals surface area contributed by atoms with E-state index < -0.39 is 23.1 Å². The lowest BCUT2D eigenvalue weighted by molar-refractivity contribution is -0.145. The van der Waals surface area contributed by atoms with Crippen LogP contribution in [0.3, 0.4) is 0 Å². The molecule has 1 aromatic carbocycles. The van der Waals surface area contributed by atoms with E-state index in [9.17, 15) is 18.7 Å². The molecule has 0 radical (unpaired) electrons. The van der Waals surface area contributed by atoms with Crippen molar-refractivity contribution in [3.63, 3.8) is 0 Å². The number of hydrogen-bond acceptors (Lipinski definition) is 3. The topological polar surface area (TPSA) is 58.6 Å². The molecule has 1 rings (SSSR count). The van der Waals surface area contributed by atoms with Gasteiger partial charge in [0.05, 0.1) is 6.61 Å². The fourth-order valence-corrected chi connectivity index (χ4v) is 2.02. The molecule has 0 aromatic heterocycles. The summed E-state index contributed by atoms with van der Waals surface area (Å²) in [6, 6.07) is 2.94. The van der Waals surface area contributed by atoms with Gasteiger partial charge >= 0.3 is 5.97 Å². The van der Waals surface area contributed by atoms with Gasteiger partial charge in [0.2, 0.25) is 0 Å². The van der Waals surface area contributed by atoms with E-state index in [0.29, 0.717) is 19.3 Å². The molecule has 112 valence electrons. The molecule has 1 atom stereocenters. The van der Waals surface area contributed by atoms with Gasteiger partial charge in [-0.25, -0.2) is 8.78 Å². The minimum atomic E-state index is -0.990. The predicted molar refractivity (Wildman–Crippen MR) is 70.8 cm³/mol. The molecule has 0 amide bonds. The molecule has 0 aliphatic rings. The molecule has 6 heteroatoms. The predicted octanol–water partition coefficient (Wildman–Crippen LogP) is 2.58. The molecule has 0 saturated heterocycles. The van der Waals surface area contributed by atoms with E-state index in [0.717, 1.165) is 18.2 Å². The van der Waals surface area contributed by atoms with Crippen LogP contribution in [0.2, 0.25) is 0 Å². The zero-order chi connectivity index (χ0) is 15.2. The highest BCUT2D eigenvalue weighted by atomic mass is 19.1. The maximum absolute atomic E-state index is 12.9. The van der Waals surface area contributed by atoms with E-state index in [1.807, 2.05) is 0 Å². The third-order valence-electron chi connectivity index (χ3n) is 3.34. The fourth-order valence-electron chi connectivity index (χ4n) is 2.02. The lowest BCUT2D eigenvalue weighted by Gasteiger charge is -2.27. The Morgan fingerprint density at radius 3 is 2.40 bits per heavy atom. The molecule has 20 heavy (non-hydrogen) atoms. The number of halogens is 2. The lowest BCUT2D eigenvalue weighted by Crippen LogP contribution is -2.50. The van der Waals surface area contributed by atoms with Gasteiger partial charge in [0, 0.05) is 18.2 Å². The van der Waals surface area contributed by atoms with Gasteiger partial charge in [0.25, 0.3) is 0 Å². The molecule has 0 aliphatic heterocycles. The minimum absolute atomic E-state index is 0.101. The Labute approximate surface area is 116 Å². The molecule has 0 spiro atoms. The first-order valence-corrected chi connectivity index (χ1v) is 6.44. The van der Waals surface area contributed by atoms with E-state index in [1.54, 1.807) is 14.0 Å². The Morgan fingerprint density at radius 2 is 1.95 bits per heavy atom. The SMILES string of the molecule is CCC(CCCOc1cc(F)cc(F)c1)(NC)C(=O)O. The van der Waals surface area contributed by atoms with Crippen LogP contribution in [0.5, 0.6) is 5.75 Å². The molecule has 1 unspecified atom stereocenters. The van der Waals surface area contributed by atoms with E-state index in [1.165, 1.54) is 0 Å². The van der Waals surface area contributed by atoms with Crippen LogP contribution in [0.25, 0.3) is 0 Å². The average Bonchev–Trinajstić information content (AvgIpc) is 2.38. The average molecular weight is 287 g/mol. The van der Waals surface area contributed by atoms with Crippen molar-refractivity contribution >= 4 is 5.97 Å². The second-order valence-electron chi connectivity index (χ2n) is 4.55. The highest BCUT2D eigenvalue weighted by Gasteiger charge is 2.34. The zero-order valence-corrected chi connectivity index (χ0v) is 11.6. The van der Waals surface area contributed by atoms with Crippen molar-refractivity contribution in [3.05, 3.63) is 29.8 Å². The molecule has 2 N–H and O–H groups in total. The monoisotopic (exact) mass is 287 g/mol. The number of ether oxygens (including phenoxy) is 1. The van der Waals surface area contributed by atoms with Gasteiger partial charge in [-0.15, -0.1) is 0 Å². The van der Waals surface area contributed by atoms with Crippen molar-refractivity contribution < 1.29 is 23.4 Å². The van der Waals surface area contributed by atoms with Gasteiger partial charge in [-0.05, 0) is 26.3 Å². The second kappa shape index (κ2) is 7.19. The number of nitrogens with one attached hydrogen (secondary N) is 1. The summed E-state index contributed by atoms with van der Waals surface area (Å²) in [6.45, 7) is 1.98. The molecule has 0 heterocycles. The van der Waals surface area contributed by atoms with Crippen molar-refractivity contribution in [2.75, 3.05) is 13.7 Å². The third-order valence-corrected chi connectivity index (χ3v) is 3.34. The number of rotatable bonds is 8. The van der Waals surface area contributed by atoms with Crippen molar-refractivity contribution in [2.24, 2.45) is 0 Å². The lowest BCUT2D eigenvalue weighted by atomic mass is 9.91. The summed E-state index contributed by atoms with van der Waals surface area (Å²) >= 11 is 0. The first-order chi connectivity index (χ1) is 9.43. The standard InChI is InChI=1S/C14H19F2NO3/c1-3-14(17-2,13(18)19)5-4-6-20-12-8-10(15)7-11(16)9-12/h7-9,17H,3-6H2,1-2H3,(H,18,19). The summed E-state index contributed by atoms with van der Waals surface area (Å²) in [5.41, 5.74) is -0.990. The van der Waals surface area contributed by atoms with E-state index in [-0.39, 0.29) is 12.4 Å². The van der Waals surface area contributed by atoms with Crippen LogP contribution < -0.4 is 10.1 Å². The van der Waals surface area contributed by atoms with Crippen LogP contribution in [-0.2, 0) is 4.79 Å². The van der Waals surface area contributed by atoms with Crippen LogP contribution in [0.4, 0.5) is 8.78 Å². The van der Waals surface area contributed by atoms with Gasteiger partial charge in [-0.2, -0.15) is 0 Å². The van der Waals surface area contributed by atoms with Crippen molar-refractivity contribution in [2.45, 2.75) is 31.7 Å².